The summed E-state index contributed by atoms with van der Waals surface area (Å²) in [6.07, 6.45) is 1.17. The standard InChI is InChI=1S/C12H17NO2/c1-15-12(14)8-7-11(9-13)10-5-3-2-4-6-10/h2-6,11H,7-9,13H2,1H3. The van der Waals surface area contributed by atoms with Crippen LogP contribution in [0.1, 0.15) is 24.3 Å². The SMILES string of the molecule is COC(=O)CCC(CN)c1ccccc1. The maximum Gasteiger partial charge on any atom is 0.305 e. The zero-order valence-electron chi connectivity index (χ0n) is 8.98. The molecule has 0 aliphatic carbocycles. The highest BCUT2D eigenvalue weighted by Crippen LogP contribution is 2.19. The lowest BCUT2D eigenvalue weighted by Crippen LogP contribution is -2.14. The first-order valence-electron chi connectivity index (χ1n) is 5.09. The first kappa shape index (κ1) is 11.7. The zero-order chi connectivity index (χ0) is 11.1. The van der Waals surface area contributed by atoms with Crippen molar-refractivity contribution in [2.24, 2.45) is 5.73 Å². The number of rotatable bonds is 5. The van der Waals surface area contributed by atoms with Crippen molar-refractivity contribution in [3.05, 3.63) is 35.9 Å². The molecule has 0 heterocycles. The van der Waals surface area contributed by atoms with Crippen molar-refractivity contribution in [2.75, 3.05) is 13.7 Å². The Morgan fingerprint density at radius 2 is 2.07 bits per heavy atom. The summed E-state index contributed by atoms with van der Waals surface area (Å²) in [5, 5.41) is 0. The molecule has 15 heavy (non-hydrogen) atoms. The van der Waals surface area contributed by atoms with E-state index < -0.39 is 0 Å². The van der Waals surface area contributed by atoms with E-state index in [0.29, 0.717) is 13.0 Å². The van der Waals surface area contributed by atoms with Crippen LogP contribution in [-0.2, 0) is 9.53 Å². The average molecular weight is 207 g/mol. The van der Waals surface area contributed by atoms with Crippen LogP contribution in [0.4, 0.5) is 0 Å². The van der Waals surface area contributed by atoms with Crippen molar-refractivity contribution >= 4 is 5.97 Å². The van der Waals surface area contributed by atoms with E-state index in [2.05, 4.69) is 4.74 Å². The summed E-state index contributed by atoms with van der Waals surface area (Å²) in [7, 11) is 1.41. The molecule has 0 saturated heterocycles. The highest BCUT2D eigenvalue weighted by Gasteiger charge is 2.11. The predicted molar refractivity (Wildman–Crippen MR) is 59.5 cm³/mol. The molecule has 82 valence electrons. The van der Waals surface area contributed by atoms with Crippen LogP contribution in [0.15, 0.2) is 30.3 Å². The summed E-state index contributed by atoms with van der Waals surface area (Å²) in [6.45, 7) is 0.557. The molecule has 0 aliphatic rings. The Kier molecular flexibility index (Phi) is 4.84. The molecule has 0 radical (unpaired) electrons. The highest BCUT2D eigenvalue weighted by molar-refractivity contribution is 5.69. The molecule has 0 aromatic heterocycles. The molecule has 3 heteroatoms. The summed E-state index contributed by atoms with van der Waals surface area (Å²) in [4.78, 5) is 11.0. The fourth-order valence-electron chi connectivity index (χ4n) is 1.54. The van der Waals surface area contributed by atoms with E-state index in [9.17, 15) is 4.79 Å². The Morgan fingerprint density at radius 3 is 2.60 bits per heavy atom. The van der Waals surface area contributed by atoms with Gasteiger partial charge in [0.05, 0.1) is 7.11 Å². The molecule has 1 rings (SSSR count). The third-order valence-electron chi connectivity index (χ3n) is 2.48. The number of hydrogen-bond acceptors (Lipinski definition) is 3. The Hall–Kier alpha value is -1.35. The maximum absolute atomic E-state index is 11.0. The molecule has 0 spiro atoms. The lowest BCUT2D eigenvalue weighted by Gasteiger charge is -2.13. The number of ether oxygens (including phenoxy) is 1. The minimum absolute atomic E-state index is 0.176. The van der Waals surface area contributed by atoms with Crippen molar-refractivity contribution in [3.8, 4) is 0 Å². The van der Waals surface area contributed by atoms with Crippen LogP contribution < -0.4 is 5.73 Å². The summed E-state index contributed by atoms with van der Waals surface area (Å²) in [5.41, 5.74) is 6.86. The highest BCUT2D eigenvalue weighted by atomic mass is 16.5. The Labute approximate surface area is 90.2 Å². The van der Waals surface area contributed by atoms with Crippen molar-refractivity contribution < 1.29 is 9.53 Å². The maximum atomic E-state index is 11.0. The Balaban J connectivity index is 2.53. The molecule has 1 aromatic rings. The van der Waals surface area contributed by atoms with Gasteiger partial charge in [-0.3, -0.25) is 4.79 Å². The van der Waals surface area contributed by atoms with Gasteiger partial charge in [-0.2, -0.15) is 0 Å². The number of benzene rings is 1. The number of carbonyl (C=O) groups is 1. The summed E-state index contributed by atoms with van der Waals surface area (Å²) in [5.74, 6) is 0.0645. The fourth-order valence-corrected chi connectivity index (χ4v) is 1.54. The van der Waals surface area contributed by atoms with Crippen LogP contribution in [0, 0.1) is 0 Å². The second-order valence-corrected chi connectivity index (χ2v) is 3.46. The molecule has 0 aliphatic heterocycles. The van der Waals surface area contributed by atoms with Crippen molar-refractivity contribution in [3.63, 3.8) is 0 Å². The quantitative estimate of drug-likeness (QED) is 0.747. The van der Waals surface area contributed by atoms with Crippen LogP contribution in [0.25, 0.3) is 0 Å². The molecule has 1 atom stereocenters. The fraction of sp³-hybridized carbons (Fsp3) is 0.417. The number of methoxy groups -OCH3 is 1. The van der Waals surface area contributed by atoms with Crippen LogP contribution in [0.2, 0.25) is 0 Å². The molecule has 0 amide bonds. The molecule has 1 aromatic carbocycles. The van der Waals surface area contributed by atoms with Crippen molar-refractivity contribution in [2.45, 2.75) is 18.8 Å². The third kappa shape index (κ3) is 3.72. The average Bonchev–Trinajstić information content (AvgIpc) is 2.31. The van der Waals surface area contributed by atoms with Gasteiger partial charge in [0.15, 0.2) is 0 Å². The van der Waals surface area contributed by atoms with E-state index in [-0.39, 0.29) is 11.9 Å². The van der Waals surface area contributed by atoms with Gasteiger partial charge in [0.1, 0.15) is 0 Å². The Morgan fingerprint density at radius 1 is 1.40 bits per heavy atom. The molecule has 3 nitrogen and oxygen atoms in total. The lowest BCUT2D eigenvalue weighted by atomic mass is 9.94. The van der Waals surface area contributed by atoms with Gasteiger partial charge in [-0.05, 0) is 24.4 Å². The number of nitrogens with two attached hydrogens (primary N) is 1. The molecular weight excluding hydrogens is 190 g/mol. The molecular formula is C12H17NO2. The summed E-state index contributed by atoms with van der Waals surface area (Å²) < 4.78 is 4.60. The molecule has 0 saturated carbocycles. The normalized spacial score (nSPS) is 12.1. The summed E-state index contributed by atoms with van der Waals surface area (Å²) >= 11 is 0. The van der Waals surface area contributed by atoms with E-state index in [1.165, 1.54) is 12.7 Å². The largest absolute Gasteiger partial charge is 0.469 e. The lowest BCUT2D eigenvalue weighted by molar-refractivity contribution is -0.140. The van der Waals surface area contributed by atoms with Gasteiger partial charge in [-0.25, -0.2) is 0 Å². The molecule has 1 unspecified atom stereocenters. The van der Waals surface area contributed by atoms with Crippen LogP contribution >= 0.6 is 0 Å². The van der Waals surface area contributed by atoms with Gasteiger partial charge in [-0.15, -0.1) is 0 Å². The Bertz CT molecular complexity index is 298. The van der Waals surface area contributed by atoms with E-state index in [0.717, 1.165) is 6.42 Å². The topological polar surface area (TPSA) is 52.3 Å². The predicted octanol–water partition coefficient (Wildman–Crippen LogP) is 1.68. The van der Waals surface area contributed by atoms with Gasteiger partial charge >= 0.3 is 5.97 Å². The van der Waals surface area contributed by atoms with E-state index in [4.69, 9.17) is 5.73 Å². The van der Waals surface area contributed by atoms with Gasteiger partial charge in [0, 0.05) is 6.42 Å². The number of hydrogen-bond donors (Lipinski definition) is 1. The second kappa shape index (κ2) is 6.19. The molecule has 2 N–H and O–H groups in total. The van der Waals surface area contributed by atoms with Crippen molar-refractivity contribution in [1.82, 2.24) is 0 Å². The van der Waals surface area contributed by atoms with Gasteiger partial charge in [-0.1, -0.05) is 30.3 Å². The third-order valence-corrected chi connectivity index (χ3v) is 2.48. The first-order valence-corrected chi connectivity index (χ1v) is 5.09. The van der Waals surface area contributed by atoms with Gasteiger partial charge < -0.3 is 10.5 Å². The monoisotopic (exact) mass is 207 g/mol. The van der Waals surface area contributed by atoms with E-state index >= 15 is 0 Å². The number of esters is 1. The van der Waals surface area contributed by atoms with Gasteiger partial charge in [0.25, 0.3) is 0 Å². The van der Waals surface area contributed by atoms with E-state index in [1.54, 1.807) is 0 Å². The zero-order valence-corrected chi connectivity index (χ0v) is 8.98. The van der Waals surface area contributed by atoms with Crippen LogP contribution in [0.3, 0.4) is 0 Å². The molecule has 0 fully saturated rings. The van der Waals surface area contributed by atoms with Crippen molar-refractivity contribution in [1.29, 1.82) is 0 Å². The molecule has 0 bridgehead atoms. The van der Waals surface area contributed by atoms with Gasteiger partial charge in [0.2, 0.25) is 0 Å². The van der Waals surface area contributed by atoms with Crippen LogP contribution in [0.5, 0.6) is 0 Å². The second-order valence-electron chi connectivity index (χ2n) is 3.46. The van der Waals surface area contributed by atoms with E-state index in [1.807, 2.05) is 30.3 Å². The number of carbonyl (C=O) groups excluding carboxylic acids is 1. The smallest absolute Gasteiger partial charge is 0.305 e. The first-order chi connectivity index (χ1) is 7.27. The minimum atomic E-state index is -0.176. The summed E-state index contributed by atoms with van der Waals surface area (Å²) in [6, 6.07) is 10.0. The van der Waals surface area contributed by atoms with Crippen LogP contribution in [-0.4, -0.2) is 19.6 Å². The minimum Gasteiger partial charge on any atom is -0.469 e.